The van der Waals surface area contributed by atoms with Crippen LogP contribution in [-0.2, 0) is 4.74 Å². The zero-order valence-electron chi connectivity index (χ0n) is 8.39. The minimum atomic E-state index is -4.20. The molecule has 15 heavy (non-hydrogen) atoms. The molecule has 90 valence electrons. The van der Waals surface area contributed by atoms with Crippen LogP contribution in [0.15, 0.2) is 0 Å². The Balaban J connectivity index is 1.93. The second-order valence-corrected chi connectivity index (χ2v) is 5.00. The van der Waals surface area contributed by atoms with E-state index in [2.05, 4.69) is 25.6 Å². The van der Waals surface area contributed by atoms with E-state index in [1.165, 1.54) is 0 Å². The molecular weight excluding hydrogens is 275 g/mol. The third-order valence-corrected chi connectivity index (χ3v) is 2.99. The van der Waals surface area contributed by atoms with Gasteiger partial charge in [-0.15, -0.1) is 0 Å². The van der Waals surface area contributed by atoms with Gasteiger partial charge in [0.1, 0.15) is 6.61 Å². The van der Waals surface area contributed by atoms with Gasteiger partial charge in [0.05, 0.1) is 0 Å². The van der Waals surface area contributed by atoms with Crippen LogP contribution in [0, 0.1) is 0 Å². The van der Waals surface area contributed by atoms with Crippen molar-refractivity contribution in [2.75, 3.05) is 32.8 Å². The van der Waals surface area contributed by atoms with Crippen molar-refractivity contribution in [2.24, 2.45) is 0 Å². The van der Waals surface area contributed by atoms with Gasteiger partial charge >= 0.3 is 6.18 Å². The Bertz CT molecular complexity index is 189. The number of ether oxygens (including phenoxy) is 1. The molecule has 0 spiro atoms. The summed E-state index contributed by atoms with van der Waals surface area (Å²) in [6.45, 7) is 1.88. The second-order valence-electron chi connectivity index (χ2n) is 3.71. The summed E-state index contributed by atoms with van der Waals surface area (Å²) in [5.74, 6) is 0. The van der Waals surface area contributed by atoms with E-state index in [0.29, 0.717) is 11.2 Å². The van der Waals surface area contributed by atoms with E-state index in [1.807, 2.05) is 0 Å². The molecule has 0 aromatic carbocycles. The molecule has 0 bridgehead atoms. The van der Waals surface area contributed by atoms with E-state index in [-0.39, 0.29) is 6.61 Å². The molecule has 0 aromatic rings. The third-order valence-electron chi connectivity index (χ3n) is 2.24. The molecule has 0 amide bonds. The zero-order valence-corrected chi connectivity index (χ0v) is 9.98. The molecule has 2 nitrogen and oxygen atoms in total. The van der Waals surface area contributed by atoms with Gasteiger partial charge in [0, 0.05) is 24.5 Å². The van der Waals surface area contributed by atoms with Crippen molar-refractivity contribution in [2.45, 2.75) is 23.8 Å². The minimum Gasteiger partial charge on any atom is -0.372 e. The predicted molar refractivity (Wildman–Crippen MR) is 55.3 cm³/mol. The number of likely N-dealkylation sites (tertiary alicyclic amines) is 1. The quantitative estimate of drug-likeness (QED) is 0.569. The number of nitrogens with zero attached hydrogens (tertiary/aromatic N) is 1. The normalized spacial score (nSPS) is 23.6. The fraction of sp³-hybridized carbons (Fsp3) is 1.00. The van der Waals surface area contributed by atoms with Crippen molar-refractivity contribution < 1.29 is 17.9 Å². The van der Waals surface area contributed by atoms with Crippen LogP contribution in [0.1, 0.15) is 12.8 Å². The van der Waals surface area contributed by atoms with Crippen molar-refractivity contribution in [3.05, 3.63) is 0 Å². The molecular formula is C9H15BrF3NO. The van der Waals surface area contributed by atoms with E-state index in [1.54, 1.807) is 0 Å². The number of halogens is 4. The summed E-state index contributed by atoms with van der Waals surface area (Å²) in [5.41, 5.74) is 0. The molecule has 0 aromatic heterocycles. The Kier molecular flexibility index (Phi) is 5.35. The van der Waals surface area contributed by atoms with Gasteiger partial charge in [-0.2, -0.15) is 13.2 Å². The summed E-state index contributed by atoms with van der Waals surface area (Å²) in [7, 11) is 0. The van der Waals surface area contributed by atoms with Crippen LogP contribution in [0.3, 0.4) is 0 Å². The predicted octanol–water partition coefficient (Wildman–Crippen LogP) is 2.42. The van der Waals surface area contributed by atoms with E-state index in [9.17, 15) is 13.2 Å². The highest BCUT2D eigenvalue weighted by atomic mass is 79.9. The summed E-state index contributed by atoms with van der Waals surface area (Å²) in [4.78, 5) is 2.77. The first-order valence-corrected chi connectivity index (χ1v) is 5.90. The van der Waals surface area contributed by atoms with Crippen LogP contribution in [0.2, 0.25) is 0 Å². The van der Waals surface area contributed by atoms with Crippen LogP contribution >= 0.6 is 15.9 Å². The molecule has 0 saturated carbocycles. The van der Waals surface area contributed by atoms with E-state index in [0.717, 1.165) is 26.1 Å². The van der Waals surface area contributed by atoms with E-state index < -0.39 is 12.8 Å². The number of rotatable bonds is 5. The lowest BCUT2D eigenvalue weighted by atomic mass is 10.4. The number of hydrogen-bond donors (Lipinski definition) is 0. The van der Waals surface area contributed by atoms with Gasteiger partial charge in [-0.25, -0.2) is 0 Å². The Labute approximate surface area is 95.9 Å². The lowest BCUT2D eigenvalue weighted by Crippen LogP contribution is -2.24. The van der Waals surface area contributed by atoms with Crippen LogP contribution in [0.25, 0.3) is 0 Å². The van der Waals surface area contributed by atoms with Gasteiger partial charge in [0.2, 0.25) is 0 Å². The standard InChI is InChI=1S/C9H15BrF3NO/c10-8-2-4-14(6-8)3-1-5-15-7-9(11,12)13/h8H,1-7H2. The Hall–Kier alpha value is 0.190. The highest BCUT2D eigenvalue weighted by molar-refractivity contribution is 9.09. The fourth-order valence-electron chi connectivity index (χ4n) is 1.57. The van der Waals surface area contributed by atoms with Gasteiger partial charge in [0.15, 0.2) is 0 Å². The summed E-state index contributed by atoms with van der Waals surface area (Å²) in [6, 6.07) is 0. The first-order valence-electron chi connectivity index (χ1n) is 4.98. The summed E-state index contributed by atoms with van der Waals surface area (Å²) in [6.07, 6.45) is -2.42. The first-order chi connectivity index (χ1) is 6.97. The minimum absolute atomic E-state index is 0.183. The maximum Gasteiger partial charge on any atom is 0.411 e. The molecule has 6 heteroatoms. The molecule has 1 atom stereocenters. The van der Waals surface area contributed by atoms with E-state index >= 15 is 0 Å². The SMILES string of the molecule is FC(F)(F)COCCCN1CCC(Br)C1. The number of hydrogen-bond acceptors (Lipinski definition) is 2. The van der Waals surface area contributed by atoms with Crippen LogP contribution in [-0.4, -0.2) is 48.8 Å². The molecule has 1 heterocycles. The molecule has 0 N–H and O–H groups in total. The monoisotopic (exact) mass is 289 g/mol. The van der Waals surface area contributed by atoms with Crippen LogP contribution < -0.4 is 0 Å². The Morgan fingerprint density at radius 2 is 2.13 bits per heavy atom. The first kappa shape index (κ1) is 13.3. The highest BCUT2D eigenvalue weighted by Crippen LogP contribution is 2.17. The molecule has 0 radical (unpaired) electrons. The summed E-state index contributed by atoms with van der Waals surface area (Å²) < 4.78 is 39.6. The van der Waals surface area contributed by atoms with Crippen molar-refractivity contribution in [3.8, 4) is 0 Å². The highest BCUT2D eigenvalue weighted by Gasteiger charge is 2.27. The lowest BCUT2D eigenvalue weighted by Gasteiger charge is -2.14. The van der Waals surface area contributed by atoms with E-state index in [4.69, 9.17) is 0 Å². The maximum absolute atomic E-state index is 11.7. The second kappa shape index (κ2) is 6.06. The molecule has 1 rings (SSSR count). The Morgan fingerprint density at radius 3 is 2.67 bits per heavy atom. The van der Waals surface area contributed by atoms with Gasteiger partial charge in [0.25, 0.3) is 0 Å². The number of alkyl halides is 4. The smallest absolute Gasteiger partial charge is 0.372 e. The Morgan fingerprint density at radius 1 is 1.40 bits per heavy atom. The van der Waals surface area contributed by atoms with Crippen molar-refractivity contribution >= 4 is 15.9 Å². The zero-order chi connectivity index (χ0) is 11.3. The average molecular weight is 290 g/mol. The molecule has 1 unspecified atom stereocenters. The van der Waals surface area contributed by atoms with Crippen molar-refractivity contribution in [1.29, 1.82) is 0 Å². The van der Waals surface area contributed by atoms with Gasteiger partial charge < -0.3 is 9.64 Å². The molecule has 1 saturated heterocycles. The molecule has 1 fully saturated rings. The van der Waals surface area contributed by atoms with Gasteiger partial charge in [-0.3, -0.25) is 0 Å². The fourth-order valence-corrected chi connectivity index (χ4v) is 2.18. The van der Waals surface area contributed by atoms with Crippen LogP contribution in [0.5, 0.6) is 0 Å². The van der Waals surface area contributed by atoms with Gasteiger partial charge in [-0.05, 0) is 19.4 Å². The van der Waals surface area contributed by atoms with Gasteiger partial charge in [-0.1, -0.05) is 15.9 Å². The lowest BCUT2D eigenvalue weighted by molar-refractivity contribution is -0.174. The topological polar surface area (TPSA) is 12.5 Å². The average Bonchev–Trinajstić information content (AvgIpc) is 2.49. The summed E-state index contributed by atoms with van der Waals surface area (Å²) >= 11 is 3.51. The molecule has 0 aliphatic carbocycles. The third kappa shape index (κ3) is 6.37. The maximum atomic E-state index is 11.7. The van der Waals surface area contributed by atoms with Crippen LogP contribution in [0.4, 0.5) is 13.2 Å². The van der Waals surface area contributed by atoms with Crippen molar-refractivity contribution in [1.82, 2.24) is 4.90 Å². The molecule has 1 aliphatic rings. The van der Waals surface area contributed by atoms with Crippen molar-refractivity contribution in [3.63, 3.8) is 0 Å². The molecule has 1 aliphatic heterocycles. The largest absolute Gasteiger partial charge is 0.411 e. The summed E-state index contributed by atoms with van der Waals surface area (Å²) in [5, 5.41) is 0.